The number of likely N-dealkylation sites (tertiary alicyclic amines) is 1. The standard InChI is InChI=1S/C23H28N6/c1-2-8-16(9-3-1)14-18-15-29-22(24-18)19-21(27-23(29)28-12-6-7-13-28)26-20(25-19)17-10-4-5-11-17/h1-3,8-9,17-18H,4-7,10-15H2,(H,25,26)/t18-/m1/s1. The molecule has 29 heavy (non-hydrogen) atoms. The molecule has 2 fully saturated rings. The molecule has 6 nitrogen and oxygen atoms in total. The number of fused-ring (bicyclic) bond motifs is 3. The highest BCUT2D eigenvalue weighted by molar-refractivity contribution is 6.14. The van der Waals surface area contributed by atoms with Crippen molar-refractivity contribution in [1.82, 2.24) is 19.8 Å². The maximum Gasteiger partial charge on any atom is 0.209 e. The molecule has 1 aliphatic carbocycles. The summed E-state index contributed by atoms with van der Waals surface area (Å²) in [6, 6.07) is 11.0. The average molecular weight is 389 g/mol. The molecule has 150 valence electrons. The fourth-order valence-corrected chi connectivity index (χ4v) is 5.28. The molecule has 4 aliphatic rings. The fraction of sp³-hybridized carbons (Fsp3) is 0.522. The van der Waals surface area contributed by atoms with Gasteiger partial charge in [-0.15, -0.1) is 0 Å². The summed E-state index contributed by atoms with van der Waals surface area (Å²) in [7, 11) is 0. The van der Waals surface area contributed by atoms with Crippen molar-refractivity contribution in [3.05, 3.63) is 47.4 Å². The molecule has 1 saturated heterocycles. The number of nitrogens with zero attached hydrogens (tertiary/aromatic N) is 5. The summed E-state index contributed by atoms with van der Waals surface area (Å²) in [6.45, 7) is 3.07. The monoisotopic (exact) mass is 388 g/mol. The largest absolute Gasteiger partial charge is 0.342 e. The number of hydrogen-bond acceptors (Lipinski definition) is 5. The summed E-state index contributed by atoms with van der Waals surface area (Å²) < 4.78 is 0. The van der Waals surface area contributed by atoms with Gasteiger partial charge in [0, 0.05) is 19.0 Å². The second kappa shape index (κ2) is 7.01. The van der Waals surface area contributed by atoms with Gasteiger partial charge in [-0.1, -0.05) is 43.2 Å². The lowest BCUT2D eigenvalue weighted by molar-refractivity contribution is 0.433. The molecule has 1 aromatic heterocycles. The first kappa shape index (κ1) is 17.2. The molecule has 0 unspecified atom stereocenters. The first-order valence-corrected chi connectivity index (χ1v) is 11.2. The first-order valence-electron chi connectivity index (χ1n) is 11.2. The minimum absolute atomic E-state index is 0.254. The lowest BCUT2D eigenvalue weighted by atomic mass is 10.1. The maximum absolute atomic E-state index is 5.17. The number of hydrogen-bond donors (Lipinski definition) is 1. The van der Waals surface area contributed by atoms with Crippen molar-refractivity contribution >= 4 is 17.6 Å². The van der Waals surface area contributed by atoms with E-state index in [1.54, 1.807) is 0 Å². The molecule has 1 aromatic carbocycles. The van der Waals surface area contributed by atoms with Gasteiger partial charge in [0.2, 0.25) is 5.96 Å². The van der Waals surface area contributed by atoms with E-state index < -0.39 is 0 Å². The number of imidazole rings is 1. The molecule has 1 saturated carbocycles. The average Bonchev–Trinajstić information content (AvgIpc) is 3.53. The van der Waals surface area contributed by atoms with Crippen LogP contribution < -0.4 is 0 Å². The highest BCUT2D eigenvalue weighted by Gasteiger charge is 2.39. The lowest BCUT2D eigenvalue weighted by Crippen LogP contribution is -2.47. The van der Waals surface area contributed by atoms with Gasteiger partial charge < -0.3 is 9.88 Å². The Kier molecular flexibility index (Phi) is 4.17. The molecule has 4 heterocycles. The molecule has 2 aromatic rings. The maximum atomic E-state index is 5.17. The van der Waals surface area contributed by atoms with Gasteiger partial charge in [0.15, 0.2) is 11.7 Å². The van der Waals surface area contributed by atoms with Crippen molar-refractivity contribution in [3.63, 3.8) is 0 Å². The topological polar surface area (TPSA) is 59.9 Å². The van der Waals surface area contributed by atoms with E-state index in [4.69, 9.17) is 15.0 Å². The highest BCUT2D eigenvalue weighted by atomic mass is 15.4. The van der Waals surface area contributed by atoms with Crippen LogP contribution in [0.2, 0.25) is 0 Å². The van der Waals surface area contributed by atoms with E-state index in [1.165, 1.54) is 44.1 Å². The Morgan fingerprint density at radius 1 is 1.00 bits per heavy atom. The Hall–Kier alpha value is -2.63. The number of nitrogens with one attached hydrogen (secondary N) is 1. The van der Waals surface area contributed by atoms with Crippen LogP contribution in [0.5, 0.6) is 0 Å². The normalized spacial score (nSPS) is 23.9. The molecule has 3 aliphatic heterocycles. The van der Waals surface area contributed by atoms with Gasteiger partial charge in [-0.2, -0.15) is 4.99 Å². The number of aromatic amines is 1. The SMILES string of the molecule is c1ccc(C[C@@H]2CN3C(=N2)c2[nH]c(C4CCCC4)nc2N=C3N2CCCC2)cc1. The Bertz CT molecular complexity index is 947. The zero-order valence-electron chi connectivity index (χ0n) is 16.8. The van der Waals surface area contributed by atoms with Crippen molar-refractivity contribution in [3.8, 4) is 0 Å². The Morgan fingerprint density at radius 3 is 2.59 bits per heavy atom. The number of aromatic nitrogens is 2. The first-order chi connectivity index (χ1) is 14.3. The third kappa shape index (κ3) is 3.05. The minimum Gasteiger partial charge on any atom is -0.342 e. The number of rotatable bonds is 3. The summed E-state index contributed by atoms with van der Waals surface area (Å²) in [5.74, 6) is 4.64. The second-order valence-corrected chi connectivity index (χ2v) is 8.81. The number of guanidine groups is 1. The molecule has 6 heteroatoms. The number of aliphatic imine (C=N–C) groups is 2. The van der Waals surface area contributed by atoms with E-state index in [0.29, 0.717) is 5.92 Å². The number of amidine groups is 1. The van der Waals surface area contributed by atoms with Crippen LogP contribution in [0.15, 0.2) is 40.3 Å². The summed E-state index contributed by atoms with van der Waals surface area (Å²) >= 11 is 0. The van der Waals surface area contributed by atoms with E-state index in [0.717, 1.165) is 55.2 Å². The molecule has 0 radical (unpaired) electrons. The quantitative estimate of drug-likeness (QED) is 0.869. The van der Waals surface area contributed by atoms with Crippen molar-refractivity contribution in [2.24, 2.45) is 9.98 Å². The second-order valence-electron chi connectivity index (χ2n) is 8.81. The minimum atomic E-state index is 0.254. The van der Waals surface area contributed by atoms with Crippen LogP contribution in [0.3, 0.4) is 0 Å². The molecular formula is C23H28N6. The Morgan fingerprint density at radius 2 is 1.79 bits per heavy atom. The molecule has 0 bridgehead atoms. The molecule has 0 spiro atoms. The smallest absolute Gasteiger partial charge is 0.209 e. The van der Waals surface area contributed by atoms with Gasteiger partial charge in [0.1, 0.15) is 11.5 Å². The van der Waals surface area contributed by atoms with Crippen LogP contribution in [0, 0.1) is 0 Å². The van der Waals surface area contributed by atoms with E-state index in [2.05, 4.69) is 45.1 Å². The van der Waals surface area contributed by atoms with Crippen molar-refractivity contribution in [2.75, 3.05) is 19.6 Å². The Balaban J connectivity index is 1.36. The number of benzene rings is 1. The highest BCUT2D eigenvalue weighted by Crippen LogP contribution is 2.37. The van der Waals surface area contributed by atoms with Gasteiger partial charge in [-0.25, -0.2) is 4.98 Å². The van der Waals surface area contributed by atoms with Crippen molar-refractivity contribution in [1.29, 1.82) is 0 Å². The van der Waals surface area contributed by atoms with E-state index in [-0.39, 0.29) is 6.04 Å². The zero-order chi connectivity index (χ0) is 19.2. The van der Waals surface area contributed by atoms with Gasteiger partial charge in [0.05, 0.1) is 12.6 Å². The van der Waals surface area contributed by atoms with Crippen LogP contribution >= 0.6 is 0 Å². The molecule has 1 N–H and O–H groups in total. The predicted molar refractivity (Wildman–Crippen MR) is 115 cm³/mol. The molecule has 1 atom stereocenters. The van der Waals surface area contributed by atoms with Crippen LogP contribution in [0.1, 0.15) is 61.5 Å². The fourth-order valence-electron chi connectivity index (χ4n) is 5.28. The van der Waals surface area contributed by atoms with E-state index in [1.807, 2.05) is 0 Å². The number of H-pyrrole nitrogens is 1. The molecule has 0 amide bonds. The third-order valence-corrected chi connectivity index (χ3v) is 6.77. The Labute approximate surface area is 171 Å². The zero-order valence-corrected chi connectivity index (χ0v) is 16.8. The molecular weight excluding hydrogens is 360 g/mol. The van der Waals surface area contributed by atoms with E-state index in [9.17, 15) is 0 Å². The van der Waals surface area contributed by atoms with Crippen LogP contribution in [-0.4, -0.2) is 57.2 Å². The van der Waals surface area contributed by atoms with Crippen LogP contribution in [0.25, 0.3) is 0 Å². The van der Waals surface area contributed by atoms with Crippen LogP contribution in [-0.2, 0) is 6.42 Å². The van der Waals surface area contributed by atoms with Gasteiger partial charge in [-0.3, -0.25) is 9.89 Å². The van der Waals surface area contributed by atoms with Gasteiger partial charge >= 0.3 is 0 Å². The summed E-state index contributed by atoms with van der Waals surface area (Å²) in [5.41, 5.74) is 2.38. The van der Waals surface area contributed by atoms with Crippen molar-refractivity contribution in [2.45, 2.75) is 56.9 Å². The summed E-state index contributed by atoms with van der Waals surface area (Å²) in [6.07, 6.45) is 8.55. The van der Waals surface area contributed by atoms with Crippen molar-refractivity contribution < 1.29 is 0 Å². The predicted octanol–water partition coefficient (Wildman–Crippen LogP) is 3.84. The van der Waals surface area contributed by atoms with Gasteiger partial charge in [-0.05, 0) is 37.7 Å². The van der Waals surface area contributed by atoms with Crippen LogP contribution in [0.4, 0.5) is 5.82 Å². The molecule has 6 rings (SSSR count). The summed E-state index contributed by atoms with van der Waals surface area (Å²) in [5, 5.41) is 0. The lowest BCUT2D eigenvalue weighted by Gasteiger charge is -2.31. The van der Waals surface area contributed by atoms with E-state index >= 15 is 0 Å². The summed E-state index contributed by atoms with van der Waals surface area (Å²) in [4.78, 5) is 23.6. The van der Waals surface area contributed by atoms with Gasteiger partial charge in [0.25, 0.3) is 0 Å². The third-order valence-electron chi connectivity index (χ3n) is 6.77.